The molecule has 8 heteroatoms. The van der Waals surface area contributed by atoms with E-state index in [9.17, 15) is 24.1 Å². The molecule has 90 valence electrons. The number of carbonyl (C=O) groups is 2. The van der Waals surface area contributed by atoms with Crippen LogP contribution in [0, 0.1) is 10.1 Å². The molecule has 0 aliphatic carbocycles. The second-order valence-electron chi connectivity index (χ2n) is 2.87. The number of alkyl halides is 1. The van der Waals surface area contributed by atoms with Crippen molar-refractivity contribution in [3.63, 3.8) is 0 Å². The topological polar surface area (TPSA) is 107 Å². The number of nitro groups is 1. The van der Waals surface area contributed by atoms with Gasteiger partial charge in [0.05, 0.1) is 4.92 Å². The molecule has 0 spiro atoms. The average molecular weight is 243 g/mol. The van der Waals surface area contributed by atoms with Crippen LogP contribution >= 0.6 is 0 Å². The van der Waals surface area contributed by atoms with E-state index in [4.69, 9.17) is 5.11 Å². The van der Waals surface area contributed by atoms with Crippen LogP contribution in [0.15, 0.2) is 18.2 Å². The number of benzene rings is 1. The Hall–Kier alpha value is -2.51. The van der Waals surface area contributed by atoms with E-state index in [1.54, 1.807) is 0 Å². The minimum absolute atomic E-state index is 0.00483. The monoisotopic (exact) mass is 243 g/mol. The van der Waals surface area contributed by atoms with Gasteiger partial charge in [-0.15, -0.1) is 0 Å². The maximum atomic E-state index is 12.7. The summed E-state index contributed by atoms with van der Waals surface area (Å²) in [6.45, 7) is 0. The van der Waals surface area contributed by atoms with E-state index >= 15 is 0 Å². The van der Waals surface area contributed by atoms with Gasteiger partial charge in [-0.05, 0) is 12.1 Å². The predicted octanol–water partition coefficient (Wildman–Crippen LogP) is 1.17. The Kier molecular flexibility index (Phi) is 3.70. The molecule has 17 heavy (non-hydrogen) atoms. The molecule has 0 aliphatic heterocycles. The highest BCUT2D eigenvalue weighted by Gasteiger charge is 2.23. The van der Waals surface area contributed by atoms with Crippen LogP contribution in [0.5, 0.6) is 5.75 Å². The minimum Gasteiger partial charge on any atom is -0.476 e. The highest BCUT2D eigenvalue weighted by molar-refractivity contribution is 5.77. The number of carboxylic acids is 1. The van der Waals surface area contributed by atoms with Gasteiger partial charge in [0.2, 0.25) is 5.75 Å². The number of aliphatic carboxylic acids is 1. The second-order valence-corrected chi connectivity index (χ2v) is 2.87. The van der Waals surface area contributed by atoms with Gasteiger partial charge in [0.1, 0.15) is 6.29 Å². The van der Waals surface area contributed by atoms with E-state index in [0.717, 1.165) is 18.2 Å². The van der Waals surface area contributed by atoms with Crippen molar-refractivity contribution in [1.29, 1.82) is 0 Å². The SMILES string of the molecule is O=Cc1ccc(OC(F)C(=O)O)c([N+](=O)[O-])c1. The highest BCUT2D eigenvalue weighted by Crippen LogP contribution is 2.28. The van der Waals surface area contributed by atoms with E-state index in [0.29, 0.717) is 6.29 Å². The van der Waals surface area contributed by atoms with Crippen molar-refractivity contribution < 1.29 is 28.7 Å². The Balaban J connectivity index is 3.10. The summed E-state index contributed by atoms with van der Waals surface area (Å²) in [5.41, 5.74) is -0.687. The van der Waals surface area contributed by atoms with Crippen molar-refractivity contribution in [2.24, 2.45) is 0 Å². The van der Waals surface area contributed by atoms with Gasteiger partial charge in [-0.25, -0.2) is 4.79 Å². The molecule has 1 aromatic rings. The van der Waals surface area contributed by atoms with Crippen molar-refractivity contribution in [2.45, 2.75) is 6.36 Å². The van der Waals surface area contributed by atoms with Crippen molar-refractivity contribution in [1.82, 2.24) is 0 Å². The summed E-state index contributed by atoms with van der Waals surface area (Å²) in [5, 5.41) is 18.8. The van der Waals surface area contributed by atoms with Crippen LogP contribution in [0.25, 0.3) is 0 Å². The van der Waals surface area contributed by atoms with Gasteiger partial charge in [-0.1, -0.05) is 0 Å². The maximum absolute atomic E-state index is 12.7. The molecule has 0 heterocycles. The average Bonchev–Trinajstić information content (AvgIpc) is 2.29. The molecule has 0 aromatic heterocycles. The molecule has 0 fully saturated rings. The third kappa shape index (κ3) is 2.97. The molecule has 1 atom stereocenters. The molecule has 7 nitrogen and oxygen atoms in total. The molecule has 1 unspecified atom stereocenters. The number of carbonyl (C=O) groups excluding carboxylic acids is 1. The van der Waals surface area contributed by atoms with Gasteiger partial charge in [0.25, 0.3) is 0 Å². The second kappa shape index (κ2) is 5.01. The molecule has 1 N–H and O–H groups in total. The van der Waals surface area contributed by atoms with Crippen molar-refractivity contribution >= 4 is 17.9 Å². The van der Waals surface area contributed by atoms with E-state index in [1.807, 2.05) is 0 Å². The lowest BCUT2D eigenvalue weighted by Gasteiger charge is -2.07. The van der Waals surface area contributed by atoms with Crippen LogP contribution in [-0.4, -0.2) is 28.6 Å². The first-order valence-electron chi connectivity index (χ1n) is 4.23. The van der Waals surface area contributed by atoms with Gasteiger partial charge in [0, 0.05) is 11.6 Å². The molecule has 0 aliphatic rings. The summed E-state index contributed by atoms with van der Waals surface area (Å²) in [6, 6.07) is 2.96. The van der Waals surface area contributed by atoms with Gasteiger partial charge in [-0.3, -0.25) is 14.9 Å². The Morgan fingerprint density at radius 3 is 2.71 bits per heavy atom. The van der Waals surface area contributed by atoms with Crippen LogP contribution in [0.2, 0.25) is 0 Å². The molecular weight excluding hydrogens is 237 g/mol. The molecule has 0 radical (unpaired) electrons. The predicted molar refractivity (Wildman–Crippen MR) is 51.6 cm³/mol. The first-order valence-corrected chi connectivity index (χ1v) is 4.23. The van der Waals surface area contributed by atoms with E-state index < -0.39 is 28.7 Å². The summed E-state index contributed by atoms with van der Waals surface area (Å²) in [5.74, 6) is -2.46. The smallest absolute Gasteiger partial charge is 0.378 e. The van der Waals surface area contributed by atoms with Crippen LogP contribution in [0.4, 0.5) is 10.1 Å². The summed E-state index contributed by atoms with van der Waals surface area (Å²) >= 11 is 0. The molecule has 0 saturated heterocycles. The lowest BCUT2D eigenvalue weighted by molar-refractivity contribution is -0.386. The minimum atomic E-state index is -2.71. The third-order valence-electron chi connectivity index (χ3n) is 1.74. The largest absolute Gasteiger partial charge is 0.476 e. The molecule has 0 saturated carbocycles. The van der Waals surface area contributed by atoms with E-state index in [2.05, 4.69) is 4.74 Å². The molecule has 1 rings (SSSR count). The zero-order chi connectivity index (χ0) is 13.0. The van der Waals surface area contributed by atoms with Gasteiger partial charge in [-0.2, -0.15) is 4.39 Å². The Morgan fingerprint density at radius 1 is 1.59 bits per heavy atom. The summed E-state index contributed by atoms with van der Waals surface area (Å²) < 4.78 is 17.0. The number of nitro benzene ring substituents is 1. The van der Waals surface area contributed by atoms with Gasteiger partial charge in [0.15, 0.2) is 0 Å². The summed E-state index contributed by atoms with van der Waals surface area (Å²) in [7, 11) is 0. The standard InChI is InChI=1S/C9H6FNO6/c10-8(9(13)14)17-7-2-1-5(4-12)3-6(7)11(15)16/h1-4,8H,(H,13,14). The lowest BCUT2D eigenvalue weighted by Crippen LogP contribution is -2.21. The third-order valence-corrected chi connectivity index (χ3v) is 1.74. The Morgan fingerprint density at radius 2 is 2.24 bits per heavy atom. The highest BCUT2D eigenvalue weighted by atomic mass is 19.1. The van der Waals surface area contributed by atoms with Crippen molar-refractivity contribution in [2.75, 3.05) is 0 Å². The van der Waals surface area contributed by atoms with Crippen LogP contribution in [-0.2, 0) is 4.79 Å². The number of nitrogens with zero attached hydrogens (tertiary/aromatic N) is 1. The van der Waals surface area contributed by atoms with Crippen LogP contribution in [0.3, 0.4) is 0 Å². The Bertz CT molecular complexity index is 475. The number of rotatable bonds is 5. The molecule has 0 amide bonds. The fourth-order valence-corrected chi connectivity index (χ4v) is 1.01. The Labute approximate surface area is 93.6 Å². The number of hydrogen-bond donors (Lipinski definition) is 1. The number of aldehydes is 1. The normalized spacial score (nSPS) is 11.6. The quantitative estimate of drug-likeness (QED) is 0.472. The van der Waals surface area contributed by atoms with Crippen LogP contribution < -0.4 is 4.74 Å². The number of halogens is 1. The van der Waals surface area contributed by atoms with E-state index in [1.165, 1.54) is 0 Å². The maximum Gasteiger partial charge on any atom is 0.378 e. The summed E-state index contributed by atoms with van der Waals surface area (Å²) in [6.07, 6.45) is -2.35. The fraction of sp³-hybridized carbons (Fsp3) is 0.111. The molecular formula is C9H6FNO6. The molecule has 1 aromatic carbocycles. The lowest BCUT2D eigenvalue weighted by atomic mass is 10.2. The van der Waals surface area contributed by atoms with Gasteiger partial charge >= 0.3 is 18.0 Å². The van der Waals surface area contributed by atoms with Crippen molar-refractivity contribution in [3.05, 3.63) is 33.9 Å². The fourth-order valence-electron chi connectivity index (χ4n) is 1.01. The van der Waals surface area contributed by atoms with E-state index in [-0.39, 0.29) is 5.56 Å². The summed E-state index contributed by atoms with van der Waals surface area (Å²) in [4.78, 5) is 30.2. The number of ether oxygens (including phenoxy) is 1. The van der Waals surface area contributed by atoms with Crippen LogP contribution in [0.1, 0.15) is 10.4 Å². The molecule has 0 bridgehead atoms. The first-order chi connectivity index (χ1) is 7.95. The zero-order valence-corrected chi connectivity index (χ0v) is 8.20. The number of hydrogen-bond acceptors (Lipinski definition) is 5. The van der Waals surface area contributed by atoms with Crippen molar-refractivity contribution in [3.8, 4) is 5.75 Å². The number of carboxylic acid groups (broad SMARTS) is 1. The zero-order valence-electron chi connectivity index (χ0n) is 8.20. The van der Waals surface area contributed by atoms with Gasteiger partial charge < -0.3 is 9.84 Å². The first kappa shape index (κ1) is 12.6.